The number of methoxy groups -OCH3 is 1. The Hall–Kier alpha value is -2.53. The number of ketones is 1. The second-order valence-corrected chi connectivity index (χ2v) is 5.99. The molecule has 3 aromatic rings. The number of hydrogen-bond donors (Lipinski definition) is 0. The molecular weight excluding hydrogens is 330 g/mol. The van der Waals surface area contributed by atoms with Crippen LogP contribution in [0, 0.1) is 0 Å². The SMILES string of the molecule is COc1ccc(Cl)c(C(C)C(=O)c2ccc3oc(=O)n(C)c3c2)c1. The molecule has 6 heteroatoms. The van der Waals surface area contributed by atoms with Crippen LogP contribution in [-0.4, -0.2) is 17.5 Å². The van der Waals surface area contributed by atoms with E-state index < -0.39 is 11.7 Å². The van der Waals surface area contributed by atoms with Gasteiger partial charge in [-0.25, -0.2) is 4.79 Å². The summed E-state index contributed by atoms with van der Waals surface area (Å²) in [7, 11) is 3.16. The number of Topliss-reactive ketones (excluding diaryl/α,β-unsaturated/α-hetero) is 1. The number of halogens is 1. The molecule has 24 heavy (non-hydrogen) atoms. The van der Waals surface area contributed by atoms with Gasteiger partial charge in [-0.15, -0.1) is 0 Å². The van der Waals surface area contributed by atoms with Crippen LogP contribution in [0.2, 0.25) is 5.02 Å². The van der Waals surface area contributed by atoms with Crippen molar-refractivity contribution in [3.05, 3.63) is 63.1 Å². The van der Waals surface area contributed by atoms with E-state index in [9.17, 15) is 9.59 Å². The van der Waals surface area contributed by atoms with E-state index in [0.717, 1.165) is 0 Å². The fraction of sp³-hybridized carbons (Fsp3) is 0.222. The molecule has 124 valence electrons. The van der Waals surface area contributed by atoms with Crippen molar-refractivity contribution in [2.75, 3.05) is 7.11 Å². The lowest BCUT2D eigenvalue weighted by Gasteiger charge is -2.14. The molecule has 1 aromatic heterocycles. The lowest BCUT2D eigenvalue weighted by Crippen LogP contribution is -2.11. The summed E-state index contributed by atoms with van der Waals surface area (Å²) in [6, 6.07) is 10.2. The van der Waals surface area contributed by atoms with Crippen molar-refractivity contribution in [2.45, 2.75) is 12.8 Å². The van der Waals surface area contributed by atoms with Gasteiger partial charge in [-0.3, -0.25) is 9.36 Å². The summed E-state index contributed by atoms with van der Waals surface area (Å²) in [5.41, 5.74) is 2.22. The van der Waals surface area contributed by atoms with Crippen LogP contribution in [0.25, 0.3) is 11.1 Å². The van der Waals surface area contributed by atoms with Crippen LogP contribution >= 0.6 is 11.6 Å². The molecule has 1 unspecified atom stereocenters. The molecule has 0 N–H and O–H groups in total. The van der Waals surface area contributed by atoms with E-state index in [4.69, 9.17) is 20.8 Å². The molecule has 0 amide bonds. The maximum Gasteiger partial charge on any atom is 0.419 e. The largest absolute Gasteiger partial charge is 0.497 e. The monoisotopic (exact) mass is 345 g/mol. The Labute approximate surface area is 143 Å². The third kappa shape index (κ3) is 2.71. The number of benzene rings is 2. The van der Waals surface area contributed by atoms with Gasteiger partial charge in [-0.1, -0.05) is 18.5 Å². The zero-order valence-corrected chi connectivity index (χ0v) is 14.3. The molecule has 0 spiro atoms. The molecule has 0 aliphatic carbocycles. The second kappa shape index (κ2) is 6.17. The highest BCUT2D eigenvalue weighted by Gasteiger charge is 2.21. The summed E-state index contributed by atoms with van der Waals surface area (Å²) in [4.78, 5) is 24.4. The topological polar surface area (TPSA) is 61.4 Å². The minimum absolute atomic E-state index is 0.0966. The average Bonchev–Trinajstić information content (AvgIpc) is 2.88. The molecule has 0 saturated heterocycles. The van der Waals surface area contributed by atoms with Crippen LogP contribution in [0.15, 0.2) is 45.6 Å². The Morgan fingerprint density at radius 3 is 2.71 bits per heavy atom. The number of rotatable bonds is 4. The first-order valence-electron chi connectivity index (χ1n) is 7.39. The van der Waals surface area contributed by atoms with E-state index >= 15 is 0 Å². The van der Waals surface area contributed by atoms with Gasteiger partial charge in [0, 0.05) is 23.6 Å². The summed E-state index contributed by atoms with van der Waals surface area (Å²) >= 11 is 6.23. The van der Waals surface area contributed by atoms with Crippen molar-refractivity contribution in [2.24, 2.45) is 7.05 Å². The number of carbonyl (C=O) groups is 1. The Morgan fingerprint density at radius 2 is 2.00 bits per heavy atom. The summed E-state index contributed by atoms with van der Waals surface area (Å²) in [5.74, 6) is -0.366. The molecule has 1 atom stereocenters. The van der Waals surface area contributed by atoms with E-state index in [1.807, 2.05) is 0 Å². The molecule has 0 bridgehead atoms. The predicted molar refractivity (Wildman–Crippen MR) is 92.2 cm³/mol. The molecule has 0 aliphatic rings. The van der Waals surface area contributed by atoms with Crippen molar-refractivity contribution in [1.82, 2.24) is 4.57 Å². The molecule has 0 fully saturated rings. The Balaban J connectivity index is 2.02. The molecule has 1 heterocycles. The summed E-state index contributed by atoms with van der Waals surface area (Å²) in [6.45, 7) is 1.79. The molecule has 3 rings (SSSR count). The highest BCUT2D eigenvalue weighted by molar-refractivity contribution is 6.31. The van der Waals surface area contributed by atoms with Gasteiger partial charge in [0.1, 0.15) is 5.75 Å². The Bertz CT molecular complexity index is 986. The van der Waals surface area contributed by atoms with E-state index in [-0.39, 0.29) is 5.78 Å². The number of carbonyl (C=O) groups excluding carboxylic acids is 1. The highest BCUT2D eigenvalue weighted by Crippen LogP contribution is 2.31. The van der Waals surface area contributed by atoms with E-state index in [1.165, 1.54) is 4.57 Å². The van der Waals surface area contributed by atoms with Crippen LogP contribution in [-0.2, 0) is 7.05 Å². The minimum atomic E-state index is -0.460. The number of hydrogen-bond acceptors (Lipinski definition) is 4. The van der Waals surface area contributed by atoms with Crippen LogP contribution in [0.5, 0.6) is 5.75 Å². The number of oxazole rings is 1. The van der Waals surface area contributed by atoms with Gasteiger partial charge in [0.15, 0.2) is 11.4 Å². The third-order valence-electron chi connectivity index (χ3n) is 4.14. The van der Waals surface area contributed by atoms with Crippen molar-refractivity contribution < 1.29 is 13.9 Å². The van der Waals surface area contributed by atoms with Crippen molar-refractivity contribution in [3.8, 4) is 5.75 Å². The van der Waals surface area contributed by atoms with Gasteiger partial charge >= 0.3 is 5.76 Å². The fourth-order valence-electron chi connectivity index (χ4n) is 2.65. The predicted octanol–water partition coefficient (Wildman–Crippen LogP) is 3.78. The van der Waals surface area contributed by atoms with Crippen molar-refractivity contribution in [1.29, 1.82) is 0 Å². The van der Waals surface area contributed by atoms with Gasteiger partial charge < -0.3 is 9.15 Å². The molecule has 5 nitrogen and oxygen atoms in total. The third-order valence-corrected chi connectivity index (χ3v) is 4.48. The normalized spacial score (nSPS) is 12.3. The first kappa shape index (κ1) is 16.3. The molecule has 0 aliphatic heterocycles. The second-order valence-electron chi connectivity index (χ2n) is 5.58. The highest BCUT2D eigenvalue weighted by atomic mass is 35.5. The first-order chi connectivity index (χ1) is 11.4. The molecule has 0 radical (unpaired) electrons. The fourth-order valence-corrected chi connectivity index (χ4v) is 2.93. The summed E-state index contributed by atoms with van der Waals surface area (Å²) in [6.07, 6.45) is 0. The van der Waals surface area contributed by atoms with E-state index in [0.29, 0.717) is 33.0 Å². The van der Waals surface area contributed by atoms with E-state index in [2.05, 4.69) is 0 Å². The van der Waals surface area contributed by atoms with Crippen molar-refractivity contribution in [3.63, 3.8) is 0 Å². The minimum Gasteiger partial charge on any atom is -0.497 e. The first-order valence-corrected chi connectivity index (χ1v) is 7.77. The Morgan fingerprint density at radius 1 is 1.25 bits per heavy atom. The molecular formula is C18H16ClNO4. The lowest BCUT2D eigenvalue weighted by atomic mass is 9.92. The number of ether oxygens (including phenoxy) is 1. The van der Waals surface area contributed by atoms with Gasteiger partial charge in [-0.05, 0) is 42.0 Å². The number of fused-ring (bicyclic) bond motifs is 1. The maximum atomic E-state index is 12.8. The Kier molecular flexibility index (Phi) is 4.20. The van der Waals surface area contributed by atoms with Crippen molar-refractivity contribution >= 4 is 28.5 Å². The number of aromatic nitrogens is 1. The smallest absolute Gasteiger partial charge is 0.419 e. The van der Waals surface area contributed by atoms with E-state index in [1.54, 1.807) is 57.5 Å². The van der Waals surface area contributed by atoms with Crippen LogP contribution in [0.1, 0.15) is 28.8 Å². The number of nitrogens with zero attached hydrogens (tertiary/aromatic N) is 1. The van der Waals surface area contributed by atoms with Crippen LogP contribution in [0.4, 0.5) is 0 Å². The van der Waals surface area contributed by atoms with Gasteiger partial charge in [0.05, 0.1) is 12.6 Å². The van der Waals surface area contributed by atoms with Gasteiger partial charge in [-0.2, -0.15) is 0 Å². The van der Waals surface area contributed by atoms with Gasteiger partial charge in [0.25, 0.3) is 0 Å². The zero-order chi connectivity index (χ0) is 17.4. The standard InChI is InChI=1S/C18H16ClNO4/c1-10(13-9-12(23-3)5-6-14(13)19)17(21)11-4-7-16-15(8-11)20(2)18(22)24-16/h4-10H,1-3H3. The van der Waals surface area contributed by atoms with Gasteiger partial charge in [0.2, 0.25) is 0 Å². The average molecular weight is 346 g/mol. The quantitative estimate of drug-likeness (QED) is 0.675. The summed E-state index contributed by atoms with van der Waals surface area (Å²) in [5, 5.41) is 0.508. The van der Waals surface area contributed by atoms with Crippen LogP contribution in [0.3, 0.4) is 0 Å². The number of aryl methyl sites for hydroxylation is 1. The van der Waals surface area contributed by atoms with Crippen LogP contribution < -0.4 is 10.5 Å². The summed E-state index contributed by atoms with van der Waals surface area (Å²) < 4.78 is 11.7. The zero-order valence-electron chi connectivity index (χ0n) is 13.5. The maximum absolute atomic E-state index is 12.8. The lowest BCUT2D eigenvalue weighted by molar-refractivity contribution is 0.0966. The molecule has 2 aromatic carbocycles. The molecule has 0 saturated carbocycles.